The van der Waals surface area contributed by atoms with Crippen LogP contribution in [0.15, 0.2) is 11.4 Å². The van der Waals surface area contributed by atoms with Crippen molar-refractivity contribution < 1.29 is 41.0 Å². The minimum atomic E-state index is -2.39. The Labute approximate surface area is 166 Å². The number of thiophene rings is 1. The van der Waals surface area contributed by atoms with Gasteiger partial charge in [0.25, 0.3) is 0 Å². The van der Waals surface area contributed by atoms with Crippen molar-refractivity contribution in [3.63, 3.8) is 0 Å². The van der Waals surface area contributed by atoms with Crippen LogP contribution in [0.2, 0.25) is 0 Å². The zero-order valence-corrected chi connectivity index (χ0v) is 16.5. The van der Waals surface area contributed by atoms with E-state index in [0.29, 0.717) is 5.56 Å². The first-order chi connectivity index (χ1) is 13.3. The van der Waals surface area contributed by atoms with E-state index < -0.39 is 58.5 Å². The summed E-state index contributed by atoms with van der Waals surface area (Å²) in [6, 6.07) is -0.0186. The standard InChI is InChI=1S/C18H16F5NO4S/c1-7-5-6-29-15(7)13(24-17(26)28-18(2,3)4)16(25)27-14-11(22)9(20)8(19)10(21)12(14)23/h5-6,13H,1-4H3,(H,24,26). The quantitative estimate of drug-likeness (QED) is 0.242. The largest absolute Gasteiger partial charge is 0.444 e. The fourth-order valence-corrected chi connectivity index (χ4v) is 3.13. The molecular formula is C18H16F5NO4S. The lowest BCUT2D eigenvalue weighted by molar-refractivity contribution is -0.137. The number of carbonyl (C=O) groups is 2. The van der Waals surface area contributed by atoms with Gasteiger partial charge in [0.15, 0.2) is 6.04 Å². The molecule has 0 aliphatic rings. The van der Waals surface area contributed by atoms with Crippen molar-refractivity contribution in [3.8, 4) is 5.75 Å². The number of ether oxygens (including phenoxy) is 2. The van der Waals surface area contributed by atoms with Crippen LogP contribution in [0, 0.1) is 36.0 Å². The predicted molar refractivity (Wildman–Crippen MR) is 93.0 cm³/mol. The van der Waals surface area contributed by atoms with Gasteiger partial charge < -0.3 is 14.8 Å². The maximum absolute atomic E-state index is 13.8. The van der Waals surface area contributed by atoms with E-state index in [1.807, 2.05) is 0 Å². The maximum atomic E-state index is 13.8. The van der Waals surface area contributed by atoms with Crippen LogP contribution >= 0.6 is 11.3 Å². The van der Waals surface area contributed by atoms with E-state index in [4.69, 9.17) is 4.74 Å². The summed E-state index contributed by atoms with van der Waals surface area (Å²) in [5.41, 5.74) is -0.407. The Balaban J connectivity index is 2.39. The number of aryl methyl sites for hydroxylation is 1. The minimum absolute atomic E-state index is 0.227. The molecule has 0 spiro atoms. The molecule has 0 aliphatic heterocycles. The third-order valence-electron chi connectivity index (χ3n) is 3.43. The monoisotopic (exact) mass is 437 g/mol. The fourth-order valence-electron chi connectivity index (χ4n) is 2.17. The highest BCUT2D eigenvalue weighted by atomic mass is 32.1. The van der Waals surface area contributed by atoms with Gasteiger partial charge >= 0.3 is 12.1 Å². The molecule has 29 heavy (non-hydrogen) atoms. The second-order valence-electron chi connectivity index (χ2n) is 6.87. The van der Waals surface area contributed by atoms with Crippen LogP contribution in [0.1, 0.15) is 37.3 Å². The summed E-state index contributed by atoms with van der Waals surface area (Å²) >= 11 is 1.01. The molecule has 0 aliphatic carbocycles. The first-order valence-electron chi connectivity index (χ1n) is 8.10. The SMILES string of the molecule is Cc1ccsc1C(NC(=O)OC(C)(C)C)C(=O)Oc1c(F)c(F)c(F)c(F)c1F. The van der Waals surface area contributed by atoms with Crippen molar-refractivity contribution >= 4 is 23.4 Å². The van der Waals surface area contributed by atoms with Crippen molar-refractivity contribution in [1.82, 2.24) is 5.32 Å². The van der Waals surface area contributed by atoms with Gasteiger partial charge in [-0.25, -0.2) is 22.8 Å². The van der Waals surface area contributed by atoms with Crippen LogP contribution in [-0.4, -0.2) is 17.7 Å². The summed E-state index contributed by atoms with van der Waals surface area (Å²) in [5, 5.41) is 3.75. The van der Waals surface area contributed by atoms with Gasteiger partial charge in [-0.3, -0.25) is 0 Å². The second-order valence-corrected chi connectivity index (χ2v) is 7.81. The zero-order chi connectivity index (χ0) is 22.1. The topological polar surface area (TPSA) is 64.6 Å². The third-order valence-corrected chi connectivity index (χ3v) is 4.52. The van der Waals surface area contributed by atoms with Crippen molar-refractivity contribution in [2.75, 3.05) is 0 Å². The van der Waals surface area contributed by atoms with Crippen molar-refractivity contribution in [1.29, 1.82) is 0 Å². The van der Waals surface area contributed by atoms with Gasteiger partial charge in [-0.1, -0.05) is 0 Å². The van der Waals surface area contributed by atoms with Crippen LogP contribution in [0.5, 0.6) is 5.75 Å². The number of halogens is 5. The number of esters is 1. The van der Waals surface area contributed by atoms with Gasteiger partial charge in [-0.15, -0.1) is 11.3 Å². The number of hydrogen-bond acceptors (Lipinski definition) is 5. The Kier molecular flexibility index (Phi) is 6.51. The van der Waals surface area contributed by atoms with E-state index in [1.165, 1.54) is 0 Å². The molecular weight excluding hydrogens is 421 g/mol. The molecule has 1 aromatic carbocycles. The molecule has 1 heterocycles. The molecule has 1 N–H and O–H groups in total. The summed E-state index contributed by atoms with van der Waals surface area (Å²) in [6.45, 7) is 6.27. The molecule has 1 unspecified atom stereocenters. The van der Waals surface area contributed by atoms with Gasteiger partial charge in [0.1, 0.15) is 5.60 Å². The van der Waals surface area contributed by atoms with Gasteiger partial charge in [0.2, 0.25) is 34.8 Å². The molecule has 1 aromatic heterocycles. The zero-order valence-electron chi connectivity index (χ0n) is 15.7. The van der Waals surface area contributed by atoms with E-state index in [2.05, 4.69) is 10.1 Å². The predicted octanol–water partition coefficient (Wildman–Crippen LogP) is 4.92. The average Bonchev–Trinajstić information content (AvgIpc) is 3.04. The molecule has 2 rings (SSSR count). The highest BCUT2D eigenvalue weighted by molar-refractivity contribution is 7.10. The maximum Gasteiger partial charge on any atom is 0.408 e. The number of carbonyl (C=O) groups excluding carboxylic acids is 2. The van der Waals surface area contributed by atoms with E-state index in [0.717, 1.165) is 11.3 Å². The lowest BCUT2D eigenvalue weighted by Gasteiger charge is -2.23. The summed E-state index contributed by atoms with van der Waals surface area (Å²) in [7, 11) is 0. The Bertz CT molecular complexity index is 925. The first-order valence-corrected chi connectivity index (χ1v) is 8.98. The van der Waals surface area contributed by atoms with Crippen LogP contribution in [0.4, 0.5) is 26.7 Å². The second kappa shape index (κ2) is 8.36. The normalized spacial score (nSPS) is 12.4. The number of amides is 1. The van der Waals surface area contributed by atoms with Crippen LogP contribution < -0.4 is 10.1 Å². The number of alkyl carbamates (subject to hydrolysis) is 1. The Morgan fingerprint density at radius 3 is 1.97 bits per heavy atom. The molecule has 5 nitrogen and oxygen atoms in total. The Hall–Kier alpha value is -2.69. The van der Waals surface area contributed by atoms with Crippen molar-refractivity contribution in [2.45, 2.75) is 39.3 Å². The molecule has 0 fully saturated rings. The first kappa shape index (κ1) is 22.6. The molecule has 2 aromatic rings. The number of benzene rings is 1. The minimum Gasteiger partial charge on any atom is -0.444 e. The molecule has 0 bridgehead atoms. The molecule has 1 amide bonds. The molecule has 11 heteroatoms. The summed E-state index contributed by atoms with van der Waals surface area (Å²) in [4.78, 5) is 24.8. The fraction of sp³-hybridized carbons (Fsp3) is 0.333. The van der Waals surface area contributed by atoms with Gasteiger partial charge in [-0.05, 0) is 44.7 Å². The average molecular weight is 437 g/mol. The van der Waals surface area contributed by atoms with E-state index >= 15 is 0 Å². The van der Waals surface area contributed by atoms with Crippen LogP contribution in [0.3, 0.4) is 0 Å². The number of hydrogen-bond donors (Lipinski definition) is 1. The summed E-state index contributed by atoms with van der Waals surface area (Å²) in [6.07, 6.45) is -1.05. The smallest absolute Gasteiger partial charge is 0.408 e. The van der Waals surface area contributed by atoms with E-state index in [-0.39, 0.29) is 4.88 Å². The summed E-state index contributed by atoms with van der Waals surface area (Å²) in [5.74, 6) is -14.8. The molecule has 0 radical (unpaired) electrons. The Morgan fingerprint density at radius 1 is 1.00 bits per heavy atom. The molecule has 0 saturated carbocycles. The molecule has 1 atom stereocenters. The van der Waals surface area contributed by atoms with Gasteiger partial charge in [0.05, 0.1) is 0 Å². The third kappa shape index (κ3) is 5.03. The lowest BCUT2D eigenvalue weighted by Crippen LogP contribution is -2.39. The molecule has 158 valence electrons. The van der Waals surface area contributed by atoms with Gasteiger partial charge in [-0.2, -0.15) is 8.78 Å². The highest BCUT2D eigenvalue weighted by Gasteiger charge is 2.34. The van der Waals surface area contributed by atoms with Crippen LogP contribution in [0.25, 0.3) is 0 Å². The number of nitrogens with one attached hydrogen (secondary N) is 1. The van der Waals surface area contributed by atoms with Crippen molar-refractivity contribution in [3.05, 3.63) is 51.0 Å². The highest BCUT2D eigenvalue weighted by Crippen LogP contribution is 2.32. The van der Waals surface area contributed by atoms with Gasteiger partial charge in [0, 0.05) is 4.88 Å². The summed E-state index contributed by atoms with van der Waals surface area (Å²) < 4.78 is 77.0. The van der Waals surface area contributed by atoms with Crippen LogP contribution in [-0.2, 0) is 9.53 Å². The lowest BCUT2D eigenvalue weighted by atomic mass is 10.1. The van der Waals surface area contributed by atoms with Crippen molar-refractivity contribution in [2.24, 2.45) is 0 Å². The van der Waals surface area contributed by atoms with E-state index in [1.54, 1.807) is 39.1 Å². The molecule has 0 saturated heterocycles. The number of rotatable bonds is 4. The van der Waals surface area contributed by atoms with E-state index in [9.17, 15) is 31.5 Å². The Morgan fingerprint density at radius 2 is 1.52 bits per heavy atom.